The maximum Gasteiger partial charge on any atom is 0.418 e. The number of unbranched alkanes of at least 4 members (excludes halogenated alkanes) is 3. The van der Waals surface area contributed by atoms with Gasteiger partial charge in [0.25, 0.3) is 0 Å². The summed E-state index contributed by atoms with van der Waals surface area (Å²) in [5, 5.41) is 2.72. The molecule has 0 aliphatic carbocycles. The van der Waals surface area contributed by atoms with Crippen LogP contribution in [0, 0.1) is 0 Å². The van der Waals surface area contributed by atoms with Crippen LogP contribution in [0.3, 0.4) is 0 Å². The largest absolute Gasteiger partial charge is 0.418 e. The van der Waals surface area contributed by atoms with Crippen LogP contribution in [0.4, 0.5) is 18.9 Å². The second-order valence-electron chi connectivity index (χ2n) is 6.70. The number of rotatable bonds is 9. The van der Waals surface area contributed by atoms with E-state index in [1.165, 1.54) is 0 Å². The number of H-pyrrole nitrogens is 1. The summed E-state index contributed by atoms with van der Waals surface area (Å²) < 4.78 is 52.4. The predicted molar refractivity (Wildman–Crippen MR) is 103 cm³/mol. The molecule has 0 unspecified atom stereocenters. The number of aromatic nitrogens is 2. The molecule has 1 heterocycles. The second-order valence-corrected chi connectivity index (χ2v) is 8.48. The summed E-state index contributed by atoms with van der Waals surface area (Å²) in [5.74, 6) is 0. The van der Waals surface area contributed by atoms with Gasteiger partial charge in [-0.2, -0.15) is 13.2 Å². The Kier molecular flexibility index (Phi) is 7.31. The Bertz CT molecular complexity index is 1030. The first-order chi connectivity index (χ1) is 13.4. The number of aryl methyl sites for hydroxylation is 1. The van der Waals surface area contributed by atoms with Gasteiger partial charge in [-0.05, 0) is 18.6 Å². The van der Waals surface area contributed by atoms with Crippen LogP contribution < -0.4 is 16.4 Å². The highest BCUT2D eigenvalue weighted by molar-refractivity contribution is 7.51. The number of benzene rings is 1. The van der Waals surface area contributed by atoms with E-state index in [0.717, 1.165) is 36.0 Å². The van der Waals surface area contributed by atoms with Crippen LogP contribution in [0.2, 0.25) is 0 Å². The zero-order chi connectivity index (χ0) is 21.8. The standard InChI is InChI=1S/C17H23F3N3O5P/c1-2-3-4-5-6-21-12-10-14-13(9-11(12)17(18,19)20)22-15(24)16(25)23(14)7-8-29(26,27)28/h9-10,21H,2-8H2,1H3,(H,22,24)(H2,26,27,28). The molecular weight excluding hydrogens is 414 g/mol. The average molecular weight is 437 g/mol. The van der Waals surface area contributed by atoms with Crippen molar-refractivity contribution in [3.63, 3.8) is 0 Å². The number of fused-ring (bicyclic) bond motifs is 1. The Labute approximate surface area is 163 Å². The van der Waals surface area contributed by atoms with Gasteiger partial charge in [0.05, 0.1) is 22.8 Å². The van der Waals surface area contributed by atoms with Gasteiger partial charge < -0.3 is 24.7 Å². The first-order valence-corrected chi connectivity index (χ1v) is 10.9. The lowest BCUT2D eigenvalue weighted by atomic mass is 10.1. The van der Waals surface area contributed by atoms with Gasteiger partial charge in [-0.1, -0.05) is 26.2 Å². The van der Waals surface area contributed by atoms with Gasteiger partial charge in [0.15, 0.2) is 0 Å². The summed E-state index contributed by atoms with van der Waals surface area (Å²) in [5.41, 5.74) is -3.83. The molecule has 0 bridgehead atoms. The molecular formula is C17H23F3N3O5P. The summed E-state index contributed by atoms with van der Waals surface area (Å²) in [6.07, 6.45) is -2.01. The van der Waals surface area contributed by atoms with Crippen molar-refractivity contribution >= 4 is 24.3 Å². The van der Waals surface area contributed by atoms with Crippen LogP contribution in [0.1, 0.15) is 38.2 Å². The zero-order valence-electron chi connectivity index (χ0n) is 15.8. The van der Waals surface area contributed by atoms with E-state index >= 15 is 0 Å². The lowest BCUT2D eigenvalue weighted by molar-refractivity contribution is -0.136. The highest BCUT2D eigenvalue weighted by Crippen LogP contribution is 2.37. The number of nitrogens with zero attached hydrogens (tertiary/aromatic N) is 1. The lowest BCUT2D eigenvalue weighted by Gasteiger charge is -2.18. The summed E-state index contributed by atoms with van der Waals surface area (Å²) in [4.78, 5) is 44.2. The number of anilines is 1. The van der Waals surface area contributed by atoms with Crippen molar-refractivity contribution in [3.05, 3.63) is 38.4 Å². The van der Waals surface area contributed by atoms with Crippen LogP contribution in [-0.4, -0.2) is 32.0 Å². The highest BCUT2D eigenvalue weighted by Gasteiger charge is 2.34. The molecule has 2 aromatic rings. The molecule has 0 aliphatic rings. The van der Waals surface area contributed by atoms with Crippen molar-refractivity contribution in [3.8, 4) is 0 Å². The van der Waals surface area contributed by atoms with Crippen molar-refractivity contribution in [2.45, 2.75) is 45.3 Å². The Balaban J connectivity index is 2.55. The van der Waals surface area contributed by atoms with Crippen LogP contribution in [0.15, 0.2) is 21.7 Å². The van der Waals surface area contributed by atoms with Crippen molar-refractivity contribution < 1.29 is 27.5 Å². The molecule has 0 fully saturated rings. The monoisotopic (exact) mass is 437 g/mol. The Hall–Kier alpha value is -2.10. The Morgan fingerprint density at radius 1 is 1.17 bits per heavy atom. The number of aromatic amines is 1. The van der Waals surface area contributed by atoms with Gasteiger partial charge in [0.2, 0.25) is 0 Å². The molecule has 29 heavy (non-hydrogen) atoms. The molecule has 2 rings (SSSR count). The van der Waals surface area contributed by atoms with Crippen LogP contribution in [0.5, 0.6) is 0 Å². The molecule has 0 spiro atoms. The highest BCUT2D eigenvalue weighted by atomic mass is 31.2. The molecule has 0 saturated heterocycles. The van der Waals surface area contributed by atoms with E-state index in [0.29, 0.717) is 6.42 Å². The molecule has 0 amide bonds. The molecule has 12 heteroatoms. The Morgan fingerprint density at radius 2 is 1.86 bits per heavy atom. The number of hydrogen-bond acceptors (Lipinski definition) is 4. The molecule has 0 radical (unpaired) electrons. The van der Waals surface area contributed by atoms with Gasteiger partial charge in [-0.25, -0.2) is 0 Å². The number of nitrogens with one attached hydrogen (secondary N) is 2. The smallest absolute Gasteiger partial charge is 0.384 e. The maximum atomic E-state index is 13.5. The lowest BCUT2D eigenvalue weighted by Crippen LogP contribution is -2.37. The third-order valence-electron chi connectivity index (χ3n) is 4.38. The van der Waals surface area contributed by atoms with E-state index in [1.807, 2.05) is 6.92 Å². The van der Waals surface area contributed by atoms with Crippen LogP contribution >= 0.6 is 7.60 Å². The molecule has 4 N–H and O–H groups in total. The van der Waals surface area contributed by atoms with E-state index in [1.54, 1.807) is 0 Å². The normalized spacial score (nSPS) is 12.5. The first-order valence-electron chi connectivity index (χ1n) is 9.10. The topological polar surface area (TPSA) is 124 Å². The quantitative estimate of drug-likeness (QED) is 0.272. The third kappa shape index (κ3) is 6.19. The fourth-order valence-electron chi connectivity index (χ4n) is 2.93. The molecule has 0 saturated carbocycles. The average Bonchev–Trinajstić information content (AvgIpc) is 2.60. The minimum atomic E-state index is -4.70. The zero-order valence-corrected chi connectivity index (χ0v) is 16.6. The SMILES string of the molecule is CCCCCCNc1cc2c(cc1C(F)(F)F)[nH]c(=O)c(=O)n2CCP(=O)(O)O. The van der Waals surface area contributed by atoms with E-state index in [2.05, 4.69) is 10.3 Å². The summed E-state index contributed by atoms with van der Waals surface area (Å²) in [7, 11) is -4.49. The summed E-state index contributed by atoms with van der Waals surface area (Å²) in [6.45, 7) is 1.78. The van der Waals surface area contributed by atoms with Crippen molar-refractivity contribution in [1.82, 2.24) is 9.55 Å². The first kappa shape index (κ1) is 23.2. The minimum Gasteiger partial charge on any atom is -0.384 e. The number of hydrogen-bond donors (Lipinski definition) is 4. The van der Waals surface area contributed by atoms with Gasteiger partial charge in [-0.15, -0.1) is 0 Å². The summed E-state index contributed by atoms with van der Waals surface area (Å²) in [6, 6.07) is 1.80. The molecule has 162 valence electrons. The van der Waals surface area contributed by atoms with Crippen LogP contribution in [-0.2, 0) is 17.3 Å². The van der Waals surface area contributed by atoms with Gasteiger partial charge in [0, 0.05) is 18.8 Å². The van der Waals surface area contributed by atoms with E-state index < -0.39 is 43.2 Å². The second kappa shape index (κ2) is 9.15. The van der Waals surface area contributed by atoms with E-state index in [-0.39, 0.29) is 23.3 Å². The molecule has 1 aromatic heterocycles. The molecule has 8 nitrogen and oxygen atoms in total. The minimum absolute atomic E-state index is 0.0490. The Morgan fingerprint density at radius 3 is 2.45 bits per heavy atom. The fraction of sp³-hybridized carbons (Fsp3) is 0.529. The van der Waals surface area contributed by atoms with Gasteiger partial charge >= 0.3 is 24.9 Å². The van der Waals surface area contributed by atoms with Crippen molar-refractivity contribution in [1.29, 1.82) is 0 Å². The van der Waals surface area contributed by atoms with Crippen molar-refractivity contribution in [2.24, 2.45) is 0 Å². The van der Waals surface area contributed by atoms with E-state index in [4.69, 9.17) is 9.79 Å². The number of halogens is 3. The molecule has 1 aromatic carbocycles. The van der Waals surface area contributed by atoms with Crippen LogP contribution in [0.25, 0.3) is 11.0 Å². The predicted octanol–water partition coefficient (Wildman–Crippen LogP) is 2.88. The molecule has 0 atom stereocenters. The van der Waals surface area contributed by atoms with Crippen molar-refractivity contribution in [2.75, 3.05) is 18.0 Å². The van der Waals surface area contributed by atoms with E-state index in [9.17, 15) is 27.3 Å². The van der Waals surface area contributed by atoms with Gasteiger partial charge in [0.1, 0.15) is 0 Å². The maximum absolute atomic E-state index is 13.5. The fourth-order valence-corrected chi connectivity index (χ4v) is 3.39. The van der Waals surface area contributed by atoms with Gasteiger partial charge in [-0.3, -0.25) is 14.2 Å². The summed E-state index contributed by atoms with van der Waals surface area (Å²) >= 11 is 0. The third-order valence-corrected chi connectivity index (χ3v) is 5.16. The molecule has 0 aliphatic heterocycles. The number of alkyl halides is 3.